The Morgan fingerprint density at radius 1 is 1.18 bits per heavy atom. The van der Waals surface area contributed by atoms with E-state index < -0.39 is 0 Å². The highest BCUT2D eigenvalue weighted by atomic mass is 35.5. The second-order valence-electron chi connectivity index (χ2n) is 5.24. The van der Waals surface area contributed by atoms with Gasteiger partial charge in [-0.15, -0.1) is 0 Å². The fourth-order valence-corrected chi connectivity index (χ4v) is 2.58. The van der Waals surface area contributed by atoms with Gasteiger partial charge >= 0.3 is 0 Å². The number of nitrogens with zero attached hydrogens (tertiary/aromatic N) is 1. The van der Waals surface area contributed by atoms with Crippen LogP contribution in [0.3, 0.4) is 0 Å². The molecule has 17 heavy (non-hydrogen) atoms. The average molecular weight is 252 g/mol. The maximum Gasteiger partial charge on any atom is 0.0366 e. The highest BCUT2D eigenvalue weighted by Crippen LogP contribution is 2.19. The van der Waals surface area contributed by atoms with Crippen LogP contribution >= 0.6 is 11.6 Å². The van der Waals surface area contributed by atoms with Crippen LogP contribution in [-0.4, -0.2) is 24.5 Å². The summed E-state index contributed by atoms with van der Waals surface area (Å²) >= 11 is 6.05. The lowest BCUT2D eigenvalue weighted by Gasteiger charge is -2.30. The lowest BCUT2D eigenvalue weighted by molar-refractivity contribution is 0.207. The molecule has 0 N–H and O–H groups in total. The molecule has 1 aliphatic heterocycles. The first-order valence-corrected chi connectivity index (χ1v) is 7.07. The molecule has 0 unspecified atom stereocenters. The van der Waals surface area contributed by atoms with Crippen LogP contribution in [0.2, 0.25) is 0 Å². The molecule has 94 valence electrons. The smallest absolute Gasteiger partial charge is 0.0366 e. The summed E-state index contributed by atoms with van der Waals surface area (Å²) in [5.74, 6) is 0.908. The van der Waals surface area contributed by atoms with Gasteiger partial charge in [-0.05, 0) is 56.3 Å². The van der Waals surface area contributed by atoms with E-state index in [-0.39, 0.29) is 0 Å². The molecule has 0 amide bonds. The van der Waals surface area contributed by atoms with Gasteiger partial charge in [0.1, 0.15) is 0 Å². The standard InChI is InChI=1S/C15H22ClN/c1-13-8-10-17(11-9-13)12-14-4-2-3-5-15(16)7-6-14/h4-7,13H,2-3,8-12H2,1H3. The number of halogens is 1. The lowest BCUT2D eigenvalue weighted by atomic mass is 9.98. The molecule has 0 aromatic carbocycles. The van der Waals surface area contributed by atoms with Crippen LogP contribution in [0.4, 0.5) is 0 Å². The third-order valence-electron chi connectivity index (χ3n) is 3.65. The number of piperidine rings is 1. The van der Waals surface area contributed by atoms with Crippen molar-refractivity contribution in [1.29, 1.82) is 0 Å². The molecule has 0 bridgehead atoms. The Labute approximate surface area is 110 Å². The molecular weight excluding hydrogens is 230 g/mol. The minimum absolute atomic E-state index is 0.878. The second-order valence-corrected chi connectivity index (χ2v) is 5.67. The fourth-order valence-electron chi connectivity index (χ4n) is 2.41. The zero-order valence-electron chi connectivity index (χ0n) is 10.7. The number of hydrogen-bond donors (Lipinski definition) is 0. The van der Waals surface area contributed by atoms with Gasteiger partial charge < -0.3 is 0 Å². The predicted molar refractivity (Wildman–Crippen MR) is 75.2 cm³/mol. The number of hydrogen-bond acceptors (Lipinski definition) is 1. The Morgan fingerprint density at radius 2 is 1.88 bits per heavy atom. The third-order valence-corrected chi connectivity index (χ3v) is 3.93. The van der Waals surface area contributed by atoms with Crippen molar-refractivity contribution in [3.63, 3.8) is 0 Å². The number of likely N-dealkylation sites (tertiary alicyclic amines) is 1. The van der Waals surface area contributed by atoms with Gasteiger partial charge in [0, 0.05) is 11.6 Å². The van der Waals surface area contributed by atoms with E-state index in [1.165, 1.54) is 31.5 Å². The quantitative estimate of drug-likeness (QED) is 0.714. The van der Waals surface area contributed by atoms with E-state index in [4.69, 9.17) is 11.6 Å². The molecular formula is C15H22ClN. The van der Waals surface area contributed by atoms with Gasteiger partial charge in [-0.3, -0.25) is 4.90 Å². The topological polar surface area (TPSA) is 3.24 Å². The van der Waals surface area contributed by atoms with Crippen LogP contribution in [0.15, 0.2) is 34.9 Å². The Kier molecular flexibility index (Phi) is 4.87. The summed E-state index contributed by atoms with van der Waals surface area (Å²) < 4.78 is 0. The summed E-state index contributed by atoms with van der Waals surface area (Å²) in [5, 5.41) is 0.878. The van der Waals surface area contributed by atoms with E-state index >= 15 is 0 Å². The maximum absolute atomic E-state index is 6.05. The third kappa shape index (κ3) is 4.33. The first-order chi connectivity index (χ1) is 8.24. The molecule has 1 saturated heterocycles. The van der Waals surface area contributed by atoms with Crippen molar-refractivity contribution in [1.82, 2.24) is 4.90 Å². The van der Waals surface area contributed by atoms with E-state index in [1.807, 2.05) is 6.08 Å². The monoisotopic (exact) mass is 251 g/mol. The van der Waals surface area contributed by atoms with E-state index in [0.29, 0.717) is 0 Å². The first kappa shape index (κ1) is 12.9. The molecule has 1 aliphatic carbocycles. The minimum Gasteiger partial charge on any atom is -0.299 e. The summed E-state index contributed by atoms with van der Waals surface area (Å²) in [5.41, 5.74) is 1.42. The van der Waals surface area contributed by atoms with E-state index in [1.54, 1.807) is 0 Å². The van der Waals surface area contributed by atoms with Crippen LogP contribution in [0, 0.1) is 5.92 Å². The highest BCUT2D eigenvalue weighted by molar-refractivity contribution is 6.31. The number of rotatable bonds is 2. The van der Waals surface area contributed by atoms with Crippen molar-refractivity contribution >= 4 is 11.6 Å². The molecule has 0 aromatic heterocycles. The van der Waals surface area contributed by atoms with E-state index in [9.17, 15) is 0 Å². The molecule has 0 atom stereocenters. The Hall–Kier alpha value is -0.530. The lowest BCUT2D eigenvalue weighted by Crippen LogP contribution is -2.34. The molecule has 0 spiro atoms. The van der Waals surface area contributed by atoms with E-state index in [2.05, 4.69) is 30.1 Å². The van der Waals surface area contributed by atoms with Crippen LogP contribution in [0.25, 0.3) is 0 Å². The molecule has 0 aromatic rings. The second kappa shape index (κ2) is 6.42. The van der Waals surface area contributed by atoms with E-state index in [0.717, 1.165) is 30.3 Å². The Balaban J connectivity index is 1.89. The summed E-state index contributed by atoms with van der Waals surface area (Å²) in [4.78, 5) is 2.56. The Morgan fingerprint density at radius 3 is 2.65 bits per heavy atom. The van der Waals surface area contributed by atoms with Crippen molar-refractivity contribution in [2.45, 2.75) is 32.6 Å². The van der Waals surface area contributed by atoms with Gasteiger partial charge in [0.25, 0.3) is 0 Å². The molecule has 2 aliphatic rings. The molecule has 1 nitrogen and oxygen atoms in total. The largest absolute Gasteiger partial charge is 0.299 e. The summed E-state index contributed by atoms with van der Waals surface area (Å²) in [7, 11) is 0. The van der Waals surface area contributed by atoms with Gasteiger partial charge in [-0.2, -0.15) is 0 Å². The van der Waals surface area contributed by atoms with Gasteiger partial charge in [0.15, 0.2) is 0 Å². The molecule has 1 heterocycles. The minimum atomic E-state index is 0.878. The highest BCUT2D eigenvalue weighted by Gasteiger charge is 2.15. The molecule has 2 heteroatoms. The first-order valence-electron chi connectivity index (χ1n) is 6.69. The van der Waals surface area contributed by atoms with Gasteiger partial charge in [-0.25, -0.2) is 0 Å². The van der Waals surface area contributed by atoms with Crippen LogP contribution in [0.1, 0.15) is 32.6 Å². The van der Waals surface area contributed by atoms with Crippen LogP contribution in [0.5, 0.6) is 0 Å². The zero-order valence-corrected chi connectivity index (χ0v) is 11.4. The van der Waals surface area contributed by atoms with Crippen LogP contribution in [-0.2, 0) is 0 Å². The van der Waals surface area contributed by atoms with Gasteiger partial charge in [0.05, 0.1) is 0 Å². The summed E-state index contributed by atoms with van der Waals surface area (Å²) in [6.45, 7) is 5.94. The summed E-state index contributed by atoms with van der Waals surface area (Å²) in [6, 6.07) is 0. The number of allylic oxidation sites excluding steroid dienone is 4. The van der Waals surface area contributed by atoms with Crippen molar-refractivity contribution in [3.8, 4) is 0 Å². The van der Waals surface area contributed by atoms with Crippen molar-refractivity contribution in [2.75, 3.05) is 19.6 Å². The predicted octanol–water partition coefficient (Wildman–Crippen LogP) is 4.12. The van der Waals surface area contributed by atoms with Crippen molar-refractivity contribution < 1.29 is 0 Å². The maximum atomic E-state index is 6.05. The SMILES string of the molecule is CC1CCN(CC2=CCCC=C(Cl)C=C2)CC1. The molecule has 2 rings (SSSR count). The molecule has 0 saturated carbocycles. The van der Waals surface area contributed by atoms with Gasteiger partial charge in [-0.1, -0.05) is 36.8 Å². The average Bonchev–Trinajstić information content (AvgIpc) is 2.31. The fraction of sp³-hybridized carbons (Fsp3) is 0.600. The van der Waals surface area contributed by atoms with Crippen molar-refractivity contribution in [2.24, 2.45) is 5.92 Å². The molecule has 0 radical (unpaired) electrons. The normalized spacial score (nSPS) is 23.9. The zero-order chi connectivity index (χ0) is 12.1. The van der Waals surface area contributed by atoms with Gasteiger partial charge in [0.2, 0.25) is 0 Å². The molecule has 1 fully saturated rings. The Bertz CT molecular complexity index is 333. The summed E-state index contributed by atoms with van der Waals surface area (Å²) in [6.07, 6.45) is 13.5. The van der Waals surface area contributed by atoms with Crippen LogP contribution < -0.4 is 0 Å². The van der Waals surface area contributed by atoms with Crippen molar-refractivity contribution in [3.05, 3.63) is 34.9 Å².